The van der Waals surface area contributed by atoms with E-state index in [4.69, 9.17) is 0 Å². The van der Waals surface area contributed by atoms with Crippen LogP contribution in [0.15, 0.2) is 59.6 Å². The van der Waals surface area contributed by atoms with Gasteiger partial charge in [0.25, 0.3) is 5.95 Å². The number of carbonyl (C=O) groups is 1. The molecule has 1 atom stereocenters. The average Bonchev–Trinajstić information content (AvgIpc) is 3.20. The zero-order valence-corrected chi connectivity index (χ0v) is 19.6. The van der Waals surface area contributed by atoms with Crippen molar-refractivity contribution in [3.05, 3.63) is 77.1 Å². The molecule has 2 N–H and O–H groups in total. The highest BCUT2D eigenvalue weighted by molar-refractivity contribution is 6.09. The first-order valence-electron chi connectivity index (χ1n) is 10.9. The number of hydrogen-bond donors (Lipinski definition) is 2. The van der Waals surface area contributed by atoms with Crippen molar-refractivity contribution >= 4 is 30.1 Å². The van der Waals surface area contributed by atoms with E-state index in [1.165, 1.54) is 0 Å². The lowest BCUT2D eigenvalue weighted by molar-refractivity contribution is 0.103. The lowest BCUT2D eigenvalue weighted by Gasteiger charge is -2.30. The van der Waals surface area contributed by atoms with E-state index in [-0.39, 0.29) is 30.7 Å². The SMILES string of the molecule is CC(c1cccc(C(=O)c2ccccc2)c1)c1nc(/N=C2\NCCCN2CCO)n(C)n1.Cl. The quantitative estimate of drug-likeness (QED) is 0.518. The summed E-state index contributed by atoms with van der Waals surface area (Å²) in [6.45, 7) is 4.30. The van der Waals surface area contributed by atoms with Crippen molar-refractivity contribution in [2.24, 2.45) is 12.0 Å². The number of aromatic nitrogens is 3. The Bertz CT molecular complexity index is 1110. The Kier molecular flexibility index (Phi) is 8.19. The van der Waals surface area contributed by atoms with Crippen molar-refractivity contribution in [1.82, 2.24) is 25.0 Å². The van der Waals surface area contributed by atoms with Gasteiger partial charge >= 0.3 is 0 Å². The molecule has 0 radical (unpaired) electrons. The molecular formula is C24H29ClN6O2. The number of rotatable bonds is 7. The Hall–Kier alpha value is -3.23. The first kappa shape index (κ1) is 24.4. The van der Waals surface area contributed by atoms with E-state index in [2.05, 4.69) is 20.4 Å². The number of nitrogens with zero attached hydrogens (tertiary/aromatic N) is 5. The number of halogens is 1. The fourth-order valence-corrected chi connectivity index (χ4v) is 3.76. The van der Waals surface area contributed by atoms with E-state index in [0.717, 1.165) is 25.1 Å². The Morgan fingerprint density at radius 2 is 1.94 bits per heavy atom. The molecule has 174 valence electrons. The summed E-state index contributed by atoms with van der Waals surface area (Å²) in [6, 6.07) is 16.9. The van der Waals surface area contributed by atoms with Crippen LogP contribution in [0, 0.1) is 0 Å². The summed E-state index contributed by atoms with van der Waals surface area (Å²) in [4.78, 5) is 24.2. The number of aryl methyl sites for hydroxylation is 1. The summed E-state index contributed by atoms with van der Waals surface area (Å²) in [7, 11) is 1.82. The van der Waals surface area contributed by atoms with Gasteiger partial charge < -0.3 is 15.3 Å². The molecule has 8 nitrogen and oxygen atoms in total. The fraction of sp³-hybridized carbons (Fsp3) is 0.333. The summed E-state index contributed by atoms with van der Waals surface area (Å²) >= 11 is 0. The number of aliphatic imine (C=N–C) groups is 1. The van der Waals surface area contributed by atoms with Gasteiger partial charge in [-0.3, -0.25) is 4.79 Å². The highest BCUT2D eigenvalue weighted by Gasteiger charge is 2.20. The zero-order chi connectivity index (χ0) is 22.5. The van der Waals surface area contributed by atoms with Gasteiger partial charge in [-0.05, 0) is 18.1 Å². The molecule has 0 aliphatic carbocycles. The molecule has 1 aliphatic heterocycles. The van der Waals surface area contributed by atoms with Gasteiger partial charge in [0.15, 0.2) is 11.6 Å². The molecule has 33 heavy (non-hydrogen) atoms. The second-order valence-corrected chi connectivity index (χ2v) is 7.86. The average molecular weight is 469 g/mol. The van der Waals surface area contributed by atoms with E-state index in [9.17, 15) is 9.90 Å². The minimum atomic E-state index is -0.105. The number of benzene rings is 2. The number of aliphatic hydroxyl groups is 1. The lowest BCUT2D eigenvalue weighted by Crippen LogP contribution is -2.48. The van der Waals surface area contributed by atoms with Gasteiger partial charge in [-0.15, -0.1) is 12.4 Å². The van der Waals surface area contributed by atoms with Gasteiger partial charge in [-0.1, -0.05) is 55.5 Å². The molecule has 0 saturated carbocycles. The summed E-state index contributed by atoms with van der Waals surface area (Å²) < 4.78 is 1.66. The monoisotopic (exact) mass is 468 g/mol. The van der Waals surface area contributed by atoms with Crippen LogP contribution in [0.1, 0.15) is 46.6 Å². The first-order valence-corrected chi connectivity index (χ1v) is 10.9. The van der Waals surface area contributed by atoms with Crippen LogP contribution >= 0.6 is 12.4 Å². The van der Waals surface area contributed by atoms with Crippen molar-refractivity contribution in [2.45, 2.75) is 19.3 Å². The van der Waals surface area contributed by atoms with Crippen LogP contribution in [0.4, 0.5) is 5.95 Å². The second kappa shape index (κ2) is 11.1. The number of β-amino-alcohol motifs (C(OH)–C–C–N with tert-alkyl or cyclic N) is 1. The normalized spacial score (nSPS) is 15.6. The maximum absolute atomic E-state index is 12.8. The van der Waals surface area contributed by atoms with E-state index in [1.54, 1.807) is 4.68 Å². The molecule has 1 aromatic heterocycles. The lowest BCUT2D eigenvalue weighted by atomic mass is 9.95. The predicted octanol–water partition coefficient (Wildman–Crippen LogP) is 2.89. The molecule has 0 bridgehead atoms. The van der Waals surface area contributed by atoms with Gasteiger partial charge in [-0.2, -0.15) is 15.1 Å². The molecule has 1 unspecified atom stereocenters. The minimum absolute atomic E-state index is 0. The van der Waals surface area contributed by atoms with Crippen molar-refractivity contribution in [3.8, 4) is 0 Å². The van der Waals surface area contributed by atoms with Crippen molar-refractivity contribution in [1.29, 1.82) is 0 Å². The first-order chi connectivity index (χ1) is 15.6. The summed E-state index contributed by atoms with van der Waals surface area (Å²) in [5, 5.41) is 17.2. The van der Waals surface area contributed by atoms with Gasteiger partial charge in [0.2, 0.25) is 5.96 Å². The Balaban J connectivity index is 0.00000306. The highest BCUT2D eigenvalue weighted by Crippen LogP contribution is 2.25. The predicted molar refractivity (Wildman–Crippen MR) is 130 cm³/mol. The van der Waals surface area contributed by atoms with Crippen LogP contribution in [-0.4, -0.2) is 62.8 Å². The van der Waals surface area contributed by atoms with Crippen molar-refractivity contribution in [3.63, 3.8) is 0 Å². The number of guanidine groups is 1. The summed E-state index contributed by atoms with van der Waals surface area (Å²) in [5.74, 6) is 1.73. The van der Waals surface area contributed by atoms with E-state index >= 15 is 0 Å². The van der Waals surface area contributed by atoms with Crippen LogP contribution in [-0.2, 0) is 7.05 Å². The van der Waals surface area contributed by atoms with Crippen LogP contribution in [0.25, 0.3) is 0 Å². The minimum Gasteiger partial charge on any atom is -0.395 e. The molecular weight excluding hydrogens is 440 g/mol. The molecule has 0 spiro atoms. The molecule has 4 rings (SSSR count). The standard InChI is InChI=1S/C24H28N6O2.ClH/c1-17(19-10-6-11-20(16-19)21(32)18-8-4-3-5-9-18)22-26-24(29(2)28-22)27-23-25-12-7-13-30(23)14-15-31;/h3-6,8-11,16-17,31H,7,12-15H2,1-2H3,(H,25,26,27,28);1H. The van der Waals surface area contributed by atoms with Gasteiger partial charge in [0.1, 0.15) is 0 Å². The highest BCUT2D eigenvalue weighted by atomic mass is 35.5. The molecule has 9 heteroatoms. The zero-order valence-electron chi connectivity index (χ0n) is 18.8. The number of hydrogen-bond acceptors (Lipinski definition) is 5. The third kappa shape index (κ3) is 5.58. The third-order valence-corrected chi connectivity index (χ3v) is 5.59. The van der Waals surface area contributed by atoms with E-state index in [0.29, 0.717) is 35.4 Å². The van der Waals surface area contributed by atoms with Crippen LogP contribution in [0.3, 0.4) is 0 Å². The van der Waals surface area contributed by atoms with E-state index in [1.807, 2.05) is 73.5 Å². The van der Waals surface area contributed by atoms with Crippen molar-refractivity contribution in [2.75, 3.05) is 26.2 Å². The molecule has 1 saturated heterocycles. The Morgan fingerprint density at radius 3 is 2.70 bits per heavy atom. The molecule has 3 aromatic rings. The Labute approximate surface area is 199 Å². The summed E-state index contributed by atoms with van der Waals surface area (Å²) in [5.41, 5.74) is 2.27. The maximum atomic E-state index is 12.8. The maximum Gasteiger partial charge on any atom is 0.251 e. The fourth-order valence-electron chi connectivity index (χ4n) is 3.76. The number of carbonyl (C=O) groups excluding carboxylic acids is 1. The third-order valence-electron chi connectivity index (χ3n) is 5.59. The molecule has 2 aromatic carbocycles. The molecule has 1 fully saturated rings. The second-order valence-electron chi connectivity index (χ2n) is 7.86. The number of aliphatic hydroxyl groups excluding tert-OH is 1. The Morgan fingerprint density at radius 1 is 1.18 bits per heavy atom. The summed E-state index contributed by atoms with van der Waals surface area (Å²) in [6.07, 6.45) is 0.998. The van der Waals surface area contributed by atoms with Gasteiger partial charge in [-0.25, -0.2) is 4.68 Å². The smallest absolute Gasteiger partial charge is 0.251 e. The largest absolute Gasteiger partial charge is 0.395 e. The van der Waals surface area contributed by atoms with Gasteiger partial charge in [0, 0.05) is 43.7 Å². The molecule has 2 heterocycles. The molecule has 0 amide bonds. The number of nitrogens with one attached hydrogen (secondary N) is 1. The number of ketones is 1. The van der Waals surface area contributed by atoms with Crippen LogP contribution in [0.2, 0.25) is 0 Å². The molecule has 1 aliphatic rings. The van der Waals surface area contributed by atoms with Crippen LogP contribution < -0.4 is 5.32 Å². The van der Waals surface area contributed by atoms with Crippen molar-refractivity contribution < 1.29 is 9.90 Å². The van der Waals surface area contributed by atoms with Gasteiger partial charge in [0.05, 0.1) is 6.61 Å². The topological polar surface area (TPSA) is 95.6 Å². The van der Waals surface area contributed by atoms with Crippen LogP contribution in [0.5, 0.6) is 0 Å². The van der Waals surface area contributed by atoms with E-state index < -0.39 is 0 Å².